The van der Waals surface area contributed by atoms with Crippen LogP contribution in [0.5, 0.6) is 0 Å². The number of nitrogens with one attached hydrogen (secondary N) is 1. The molecule has 0 aliphatic carbocycles. The Balaban J connectivity index is 1.80. The smallest absolute Gasteiger partial charge is 0.286 e. The first-order chi connectivity index (χ1) is 10.6. The molecule has 22 heavy (non-hydrogen) atoms. The average molecular weight is 304 g/mol. The zero-order chi connectivity index (χ0) is 15.9. The second kappa shape index (κ2) is 7.82. The highest BCUT2D eigenvalue weighted by atomic mass is 16.3. The lowest BCUT2D eigenvalue weighted by Gasteiger charge is -2.32. The van der Waals surface area contributed by atoms with Gasteiger partial charge in [0.1, 0.15) is 0 Å². The molecule has 1 aromatic heterocycles. The third-order valence-corrected chi connectivity index (χ3v) is 3.75. The molecule has 1 aromatic rings. The predicted octanol–water partition coefficient (Wildman–Crippen LogP) is 2.46. The van der Waals surface area contributed by atoms with Crippen LogP contribution in [0.15, 0.2) is 35.0 Å². The summed E-state index contributed by atoms with van der Waals surface area (Å²) in [7, 11) is 0. The van der Waals surface area contributed by atoms with Gasteiger partial charge in [-0.3, -0.25) is 9.59 Å². The Morgan fingerprint density at radius 3 is 3.00 bits per heavy atom. The van der Waals surface area contributed by atoms with Crippen LogP contribution < -0.4 is 5.32 Å². The van der Waals surface area contributed by atoms with E-state index in [2.05, 4.69) is 5.32 Å². The van der Waals surface area contributed by atoms with Crippen molar-refractivity contribution in [3.05, 3.63) is 36.3 Å². The average Bonchev–Trinajstić information content (AvgIpc) is 3.05. The maximum absolute atomic E-state index is 12.1. The van der Waals surface area contributed by atoms with Crippen molar-refractivity contribution in [3.8, 4) is 0 Å². The Labute approximate surface area is 131 Å². The van der Waals surface area contributed by atoms with Gasteiger partial charge in [-0.05, 0) is 42.9 Å². The number of allylic oxidation sites excluding steroid dienone is 1. The summed E-state index contributed by atoms with van der Waals surface area (Å²) in [5, 5.41) is 2.88. The van der Waals surface area contributed by atoms with E-state index in [9.17, 15) is 9.59 Å². The Bertz CT molecular complexity index is 520. The molecule has 2 amide bonds. The van der Waals surface area contributed by atoms with Crippen LogP contribution in [0, 0.1) is 11.8 Å². The molecule has 1 N–H and O–H groups in total. The monoisotopic (exact) mass is 304 g/mol. The first kappa shape index (κ1) is 16.3. The molecule has 2 heterocycles. The largest absolute Gasteiger partial charge is 0.459 e. The first-order valence-electron chi connectivity index (χ1n) is 7.85. The van der Waals surface area contributed by atoms with E-state index >= 15 is 0 Å². The van der Waals surface area contributed by atoms with Gasteiger partial charge >= 0.3 is 0 Å². The van der Waals surface area contributed by atoms with Crippen LogP contribution in [0.4, 0.5) is 0 Å². The van der Waals surface area contributed by atoms with Gasteiger partial charge in [0.05, 0.1) is 6.26 Å². The zero-order valence-electron chi connectivity index (χ0n) is 13.2. The van der Waals surface area contributed by atoms with E-state index in [-0.39, 0.29) is 11.8 Å². The summed E-state index contributed by atoms with van der Waals surface area (Å²) in [6.07, 6.45) is 7.06. The second-order valence-corrected chi connectivity index (χ2v) is 6.08. The molecule has 5 nitrogen and oxygen atoms in total. The minimum atomic E-state index is -0.201. The molecular formula is C17H24N2O3. The van der Waals surface area contributed by atoms with Gasteiger partial charge in [-0.25, -0.2) is 0 Å². The number of nitrogens with zero attached hydrogens (tertiary/aromatic N) is 1. The van der Waals surface area contributed by atoms with Crippen LogP contribution in [0.25, 0.3) is 0 Å². The molecule has 0 radical (unpaired) electrons. The van der Waals surface area contributed by atoms with Crippen LogP contribution in [-0.4, -0.2) is 36.3 Å². The van der Waals surface area contributed by atoms with E-state index in [1.54, 1.807) is 18.2 Å². The Kier molecular flexibility index (Phi) is 5.81. The number of hydrogen-bond donors (Lipinski definition) is 1. The van der Waals surface area contributed by atoms with Crippen molar-refractivity contribution in [2.75, 3.05) is 19.6 Å². The second-order valence-electron chi connectivity index (χ2n) is 6.08. The third kappa shape index (κ3) is 4.76. The predicted molar refractivity (Wildman–Crippen MR) is 84.3 cm³/mol. The number of rotatable bonds is 5. The van der Waals surface area contributed by atoms with Crippen LogP contribution in [0.3, 0.4) is 0 Å². The lowest BCUT2D eigenvalue weighted by atomic mass is 9.97. The van der Waals surface area contributed by atoms with Crippen molar-refractivity contribution >= 4 is 11.8 Å². The first-order valence-corrected chi connectivity index (χ1v) is 7.85. The van der Waals surface area contributed by atoms with Crippen molar-refractivity contribution < 1.29 is 14.0 Å². The number of amides is 2. The highest BCUT2D eigenvalue weighted by Crippen LogP contribution is 2.16. The molecule has 0 bridgehead atoms. The summed E-state index contributed by atoms with van der Waals surface area (Å²) < 4.78 is 5.06. The molecule has 1 fully saturated rings. The highest BCUT2D eigenvalue weighted by Gasteiger charge is 2.23. The molecule has 1 atom stereocenters. The van der Waals surface area contributed by atoms with E-state index in [1.165, 1.54) is 6.26 Å². The Morgan fingerprint density at radius 2 is 2.32 bits per heavy atom. The maximum Gasteiger partial charge on any atom is 0.286 e. The number of carbonyl (C=O) groups excluding carboxylic acids is 2. The topological polar surface area (TPSA) is 62.6 Å². The molecule has 0 aromatic carbocycles. The minimum Gasteiger partial charge on any atom is -0.459 e. The van der Waals surface area contributed by atoms with E-state index in [0.717, 1.165) is 19.4 Å². The van der Waals surface area contributed by atoms with Crippen molar-refractivity contribution in [2.24, 2.45) is 11.8 Å². The lowest BCUT2D eigenvalue weighted by molar-refractivity contribution is -0.127. The number of piperidine rings is 1. The molecule has 0 spiro atoms. The van der Waals surface area contributed by atoms with Gasteiger partial charge < -0.3 is 14.6 Å². The molecule has 2 rings (SSSR count). The van der Waals surface area contributed by atoms with Crippen molar-refractivity contribution in [1.29, 1.82) is 0 Å². The van der Waals surface area contributed by atoms with Crippen molar-refractivity contribution in [3.63, 3.8) is 0 Å². The molecule has 120 valence electrons. The fraction of sp³-hybridized carbons (Fsp3) is 0.529. The number of carbonyl (C=O) groups is 2. The third-order valence-electron chi connectivity index (χ3n) is 3.75. The van der Waals surface area contributed by atoms with Gasteiger partial charge in [-0.15, -0.1) is 0 Å². The van der Waals surface area contributed by atoms with Crippen LogP contribution >= 0.6 is 0 Å². The van der Waals surface area contributed by atoms with Gasteiger partial charge in [0.25, 0.3) is 5.91 Å². The van der Waals surface area contributed by atoms with Crippen molar-refractivity contribution in [1.82, 2.24) is 10.2 Å². The quantitative estimate of drug-likeness (QED) is 0.850. The van der Waals surface area contributed by atoms with Crippen LogP contribution in [0.1, 0.15) is 37.2 Å². The number of hydrogen-bond acceptors (Lipinski definition) is 3. The number of likely N-dealkylation sites (tertiary alicyclic amines) is 1. The zero-order valence-corrected chi connectivity index (χ0v) is 13.2. The van der Waals surface area contributed by atoms with Crippen LogP contribution in [0.2, 0.25) is 0 Å². The maximum atomic E-state index is 12.1. The van der Waals surface area contributed by atoms with E-state index in [1.807, 2.05) is 24.8 Å². The lowest BCUT2D eigenvalue weighted by Crippen LogP contribution is -2.43. The molecule has 1 unspecified atom stereocenters. The molecule has 1 saturated heterocycles. The SMILES string of the molecule is CC(C)/C=C/C(=O)N1CCCC(CNC(=O)c2ccco2)C1. The van der Waals surface area contributed by atoms with Gasteiger partial charge in [0, 0.05) is 19.6 Å². The molecule has 1 aliphatic heterocycles. The summed E-state index contributed by atoms with van der Waals surface area (Å²) in [4.78, 5) is 25.8. The van der Waals surface area contributed by atoms with E-state index in [0.29, 0.717) is 30.7 Å². The fourth-order valence-electron chi connectivity index (χ4n) is 2.54. The van der Waals surface area contributed by atoms with Crippen LogP contribution in [-0.2, 0) is 4.79 Å². The highest BCUT2D eigenvalue weighted by molar-refractivity contribution is 5.91. The van der Waals surface area contributed by atoms with E-state index < -0.39 is 0 Å². The molecule has 5 heteroatoms. The number of furan rings is 1. The standard InChI is InChI=1S/C17H24N2O3/c1-13(2)7-8-16(20)19-9-3-5-14(12-19)11-18-17(21)15-6-4-10-22-15/h4,6-8,10,13-14H,3,5,9,11-12H2,1-2H3,(H,18,21)/b8-7+. The normalized spacial score (nSPS) is 18.9. The van der Waals surface area contributed by atoms with E-state index in [4.69, 9.17) is 4.42 Å². The molecular weight excluding hydrogens is 280 g/mol. The Hall–Kier alpha value is -2.04. The van der Waals surface area contributed by atoms with Gasteiger partial charge in [-0.2, -0.15) is 0 Å². The summed E-state index contributed by atoms with van der Waals surface area (Å²) in [6.45, 7) is 6.15. The Morgan fingerprint density at radius 1 is 1.50 bits per heavy atom. The summed E-state index contributed by atoms with van der Waals surface area (Å²) >= 11 is 0. The summed E-state index contributed by atoms with van der Waals surface area (Å²) in [6, 6.07) is 3.33. The minimum absolute atomic E-state index is 0.0655. The van der Waals surface area contributed by atoms with Gasteiger partial charge in [-0.1, -0.05) is 19.9 Å². The summed E-state index contributed by atoms with van der Waals surface area (Å²) in [5.74, 6) is 0.855. The van der Waals surface area contributed by atoms with Crippen molar-refractivity contribution in [2.45, 2.75) is 26.7 Å². The summed E-state index contributed by atoms with van der Waals surface area (Å²) in [5.41, 5.74) is 0. The van der Waals surface area contributed by atoms with Gasteiger partial charge in [0.15, 0.2) is 5.76 Å². The van der Waals surface area contributed by atoms with Gasteiger partial charge in [0.2, 0.25) is 5.91 Å². The molecule has 1 aliphatic rings. The fourth-order valence-corrected chi connectivity index (χ4v) is 2.54. The molecule has 0 saturated carbocycles.